The molecule has 1 unspecified atom stereocenters. The molecule has 1 aromatic rings. The fourth-order valence-electron chi connectivity index (χ4n) is 3.41. The summed E-state index contributed by atoms with van der Waals surface area (Å²) < 4.78 is 5.32. The van der Waals surface area contributed by atoms with E-state index >= 15 is 0 Å². The van der Waals surface area contributed by atoms with Crippen molar-refractivity contribution in [3.05, 3.63) is 29.3 Å². The Morgan fingerprint density at radius 1 is 1.33 bits per heavy atom. The number of methoxy groups -OCH3 is 1. The van der Waals surface area contributed by atoms with Crippen LogP contribution in [0.4, 0.5) is 0 Å². The predicted octanol–water partition coefficient (Wildman–Crippen LogP) is 3.97. The van der Waals surface area contributed by atoms with Gasteiger partial charge >= 0.3 is 0 Å². The Morgan fingerprint density at radius 3 is 2.50 bits per heavy atom. The van der Waals surface area contributed by atoms with Gasteiger partial charge in [-0.3, -0.25) is 0 Å². The van der Waals surface area contributed by atoms with Crippen molar-refractivity contribution in [1.82, 2.24) is 0 Å². The summed E-state index contributed by atoms with van der Waals surface area (Å²) in [7, 11) is 1.71. The molecule has 0 aliphatic heterocycles. The van der Waals surface area contributed by atoms with Crippen LogP contribution in [0, 0.1) is 12.3 Å². The van der Waals surface area contributed by atoms with E-state index in [0.29, 0.717) is 5.41 Å². The third-order valence-electron chi connectivity index (χ3n) is 4.74. The van der Waals surface area contributed by atoms with Gasteiger partial charge in [-0.05, 0) is 48.8 Å². The lowest BCUT2D eigenvalue weighted by molar-refractivity contribution is 0.222. The Hall–Kier alpha value is -1.02. The van der Waals surface area contributed by atoms with E-state index in [1.165, 1.54) is 43.2 Å². The molecule has 1 aliphatic carbocycles. The zero-order chi connectivity index (χ0) is 13.2. The SMILES string of the molecule is CCC1(C(N)c2ccc(OC)c(C)c2)CCCC1. The minimum absolute atomic E-state index is 0.162. The number of aryl methyl sites for hydroxylation is 1. The van der Waals surface area contributed by atoms with E-state index < -0.39 is 0 Å². The van der Waals surface area contributed by atoms with Crippen molar-refractivity contribution in [3.8, 4) is 5.75 Å². The van der Waals surface area contributed by atoms with Crippen LogP contribution in [0.3, 0.4) is 0 Å². The third-order valence-corrected chi connectivity index (χ3v) is 4.74. The van der Waals surface area contributed by atoms with Gasteiger partial charge in [-0.2, -0.15) is 0 Å². The largest absolute Gasteiger partial charge is 0.496 e. The first-order chi connectivity index (χ1) is 8.63. The summed E-state index contributed by atoms with van der Waals surface area (Å²) in [6.07, 6.45) is 6.39. The van der Waals surface area contributed by atoms with Crippen molar-refractivity contribution in [2.75, 3.05) is 7.11 Å². The molecular formula is C16H25NO. The fraction of sp³-hybridized carbons (Fsp3) is 0.625. The Balaban J connectivity index is 2.27. The van der Waals surface area contributed by atoms with Gasteiger partial charge < -0.3 is 10.5 Å². The molecule has 100 valence electrons. The monoisotopic (exact) mass is 247 g/mol. The molecule has 1 atom stereocenters. The molecular weight excluding hydrogens is 222 g/mol. The van der Waals surface area contributed by atoms with Gasteiger partial charge in [0, 0.05) is 6.04 Å². The molecule has 2 rings (SSSR count). The summed E-state index contributed by atoms with van der Waals surface area (Å²) in [5.41, 5.74) is 9.32. The molecule has 0 aromatic heterocycles. The molecule has 1 aromatic carbocycles. The summed E-state index contributed by atoms with van der Waals surface area (Å²) in [4.78, 5) is 0. The van der Waals surface area contributed by atoms with Crippen molar-refractivity contribution < 1.29 is 4.74 Å². The molecule has 2 N–H and O–H groups in total. The molecule has 0 heterocycles. The summed E-state index contributed by atoms with van der Waals surface area (Å²) >= 11 is 0. The molecule has 1 saturated carbocycles. The van der Waals surface area contributed by atoms with Crippen LogP contribution in [-0.2, 0) is 0 Å². The van der Waals surface area contributed by atoms with Gasteiger partial charge in [0.05, 0.1) is 7.11 Å². The van der Waals surface area contributed by atoms with Gasteiger partial charge in [-0.25, -0.2) is 0 Å². The van der Waals surface area contributed by atoms with E-state index in [2.05, 4.69) is 26.0 Å². The first-order valence-electron chi connectivity index (χ1n) is 7.03. The Labute approximate surface area is 111 Å². The first kappa shape index (κ1) is 13.4. The van der Waals surface area contributed by atoms with Crippen LogP contribution in [0.5, 0.6) is 5.75 Å². The average molecular weight is 247 g/mol. The number of nitrogens with two attached hydrogens (primary N) is 1. The molecule has 2 nitrogen and oxygen atoms in total. The van der Waals surface area contributed by atoms with Gasteiger partial charge in [0.1, 0.15) is 5.75 Å². The van der Waals surface area contributed by atoms with E-state index in [1.54, 1.807) is 7.11 Å². The maximum Gasteiger partial charge on any atom is 0.121 e. The van der Waals surface area contributed by atoms with Gasteiger partial charge in [-0.15, -0.1) is 0 Å². The zero-order valence-corrected chi connectivity index (χ0v) is 11.8. The average Bonchev–Trinajstić information content (AvgIpc) is 2.87. The number of rotatable bonds is 4. The second-order valence-corrected chi connectivity index (χ2v) is 5.63. The first-order valence-corrected chi connectivity index (χ1v) is 7.03. The quantitative estimate of drug-likeness (QED) is 0.873. The molecule has 0 bridgehead atoms. The lowest BCUT2D eigenvalue weighted by atomic mass is 9.74. The van der Waals surface area contributed by atoms with Crippen LogP contribution in [0.1, 0.15) is 56.2 Å². The van der Waals surface area contributed by atoms with E-state index in [1.807, 2.05) is 6.07 Å². The smallest absolute Gasteiger partial charge is 0.121 e. The van der Waals surface area contributed by atoms with Crippen LogP contribution >= 0.6 is 0 Å². The maximum atomic E-state index is 6.57. The molecule has 0 saturated heterocycles. The topological polar surface area (TPSA) is 35.2 Å². The van der Waals surface area contributed by atoms with Crippen molar-refractivity contribution in [2.24, 2.45) is 11.1 Å². The Kier molecular flexibility index (Phi) is 3.96. The summed E-state index contributed by atoms with van der Waals surface area (Å²) in [6.45, 7) is 4.36. The van der Waals surface area contributed by atoms with Crippen LogP contribution in [0.25, 0.3) is 0 Å². The standard InChI is InChI=1S/C16H25NO/c1-4-16(9-5-6-10-16)15(17)13-7-8-14(18-3)12(2)11-13/h7-8,11,15H,4-6,9-10,17H2,1-3H3. The highest BCUT2D eigenvalue weighted by Gasteiger charge is 2.38. The molecule has 1 aliphatic rings. The Bertz CT molecular complexity index is 408. The minimum atomic E-state index is 0.162. The summed E-state index contributed by atoms with van der Waals surface area (Å²) in [5, 5.41) is 0. The highest BCUT2D eigenvalue weighted by Crippen LogP contribution is 2.49. The van der Waals surface area contributed by atoms with Gasteiger partial charge in [-0.1, -0.05) is 31.9 Å². The van der Waals surface area contributed by atoms with Gasteiger partial charge in [0.2, 0.25) is 0 Å². The second kappa shape index (κ2) is 5.31. The van der Waals surface area contributed by atoms with E-state index in [-0.39, 0.29) is 6.04 Å². The highest BCUT2D eigenvalue weighted by atomic mass is 16.5. The van der Waals surface area contributed by atoms with Crippen molar-refractivity contribution >= 4 is 0 Å². The molecule has 0 spiro atoms. The van der Waals surface area contributed by atoms with Crippen LogP contribution in [-0.4, -0.2) is 7.11 Å². The maximum absolute atomic E-state index is 6.57. The predicted molar refractivity (Wildman–Crippen MR) is 75.9 cm³/mol. The minimum Gasteiger partial charge on any atom is -0.496 e. The molecule has 1 fully saturated rings. The third kappa shape index (κ3) is 2.26. The lowest BCUT2D eigenvalue weighted by Gasteiger charge is -2.35. The second-order valence-electron chi connectivity index (χ2n) is 5.63. The number of benzene rings is 1. The summed E-state index contributed by atoms with van der Waals surface area (Å²) in [5.74, 6) is 0.947. The molecule has 18 heavy (non-hydrogen) atoms. The van der Waals surface area contributed by atoms with E-state index in [9.17, 15) is 0 Å². The van der Waals surface area contributed by atoms with Gasteiger partial charge in [0.25, 0.3) is 0 Å². The molecule has 2 heteroatoms. The van der Waals surface area contributed by atoms with Crippen molar-refractivity contribution in [2.45, 2.75) is 52.0 Å². The van der Waals surface area contributed by atoms with Crippen molar-refractivity contribution in [3.63, 3.8) is 0 Å². The molecule has 0 amide bonds. The number of hydrogen-bond donors (Lipinski definition) is 1. The van der Waals surface area contributed by atoms with E-state index in [4.69, 9.17) is 10.5 Å². The highest BCUT2D eigenvalue weighted by molar-refractivity contribution is 5.38. The fourth-order valence-corrected chi connectivity index (χ4v) is 3.41. The van der Waals surface area contributed by atoms with Crippen molar-refractivity contribution in [1.29, 1.82) is 0 Å². The van der Waals surface area contributed by atoms with E-state index in [0.717, 1.165) is 5.75 Å². The van der Waals surface area contributed by atoms with Crippen LogP contribution in [0.2, 0.25) is 0 Å². The van der Waals surface area contributed by atoms with Gasteiger partial charge in [0.15, 0.2) is 0 Å². The van der Waals surface area contributed by atoms with Crippen LogP contribution < -0.4 is 10.5 Å². The number of hydrogen-bond acceptors (Lipinski definition) is 2. The normalized spacial score (nSPS) is 19.8. The van der Waals surface area contributed by atoms with Crippen LogP contribution in [0.15, 0.2) is 18.2 Å². The summed E-state index contributed by atoms with van der Waals surface area (Å²) in [6, 6.07) is 6.53. The number of ether oxygens (including phenoxy) is 1. The molecule has 0 radical (unpaired) electrons. The lowest BCUT2D eigenvalue weighted by Crippen LogP contribution is -2.31. The zero-order valence-electron chi connectivity index (χ0n) is 11.8. The Morgan fingerprint density at radius 2 is 2.00 bits per heavy atom.